The van der Waals surface area contributed by atoms with Gasteiger partial charge in [0.2, 0.25) is 5.91 Å². The zero-order chi connectivity index (χ0) is 15.2. The largest absolute Gasteiger partial charge is 0.352 e. The van der Waals surface area contributed by atoms with Crippen LogP contribution in [0.3, 0.4) is 0 Å². The summed E-state index contributed by atoms with van der Waals surface area (Å²) >= 11 is 1.71. The zero-order valence-corrected chi connectivity index (χ0v) is 12.8. The Kier molecular flexibility index (Phi) is 4.61. The highest BCUT2D eigenvalue weighted by molar-refractivity contribution is 7.09. The van der Waals surface area contributed by atoms with E-state index in [1.54, 1.807) is 23.6 Å². The Morgan fingerprint density at radius 2 is 2.09 bits per heavy atom. The standard InChI is InChI=1S/C18H16N2OS/c21-17(19-12-10-16-7-3-13-22-16)9-8-15-5-1-4-14-6-2-11-20-18(14)15/h1-9,11,13H,10,12H2,(H,19,21)/b9-8+. The first kappa shape index (κ1) is 14.5. The first-order chi connectivity index (χ1) is 10.8. The molecule has 1 amide bonds. The Morgan fingerprint density at radius 3 is 2.95 bits per heavy atom. The van der Waals surface area contributed by atoms with Crippen LogP contribution in [0.1, 0.15) is 10.4 Å². The molecule has 0 aliphatic rings. The molecule has 22 heavy (non-hydrogen) atoms. The fourth-order valence-electron chi connectivity index (χ4n) is 2.25. The van der Waals surface area contributed by atoms with E-state index in [1.165, 1.54) is 4.88 Å². The van der Waals surface area contributed by atoms with Crippen molar-refractivity contribution in [1.82, 2.24) is 10.3 Å². The third kappa shape index (κ3) is 3.59. The molecule has 1 aromatic carbocycles. The van der Waals surface area contributed by atoms with E-state index in [0.717, 1.165) is 22.9 Å². The smallest absolute Gasteiger partial charge is 0.244 e. The van der Waals surface area contributed by atoms with Crippen molar-refractivity contribution in [3.8, 4) is 0 Å². The lowest BCUT2D eigenvalue weighted by molar-refractivity contribution is -0.116. The Morgan fingerprint density at radius 1 is 1.18 bits per heavy atom. The second-order valence-electron chi connectivity index (χ2n) is 4.88. The topological polar surface area (TPSA) is 42.0 Å². The van der Waals surface area contributed by atoms with Crippen LogP contribution in [0, 0.1) is 0 Å². The lowest BCUT2D eigenvalue weighted by Gasteiger charge is -2.02. The number of hydrogen-bond donors (Lipinski definition) is 1. The SMILES string of the molecule is O=C(/C=C/c1cccc2cccnc12)NCCc1cccs1. The van der Waals surface area contributed by atoms with Crippen LogP contribution in [0.2, 0.25) is 0 Å². The maximum Gasteiger partial charge on any atom is 0.244 e. The zero-order valence-electron chi connectivity index (χ0n) is 12.0. The number of pyridine rings is 1. The molecule has 0 spiro atoms. The van der Waals surface area contributed by atoms with Crippen LogP contribution in [-0.2, 0) is 11.2 Å². The van der Waals surface area contributed by atoms with Crippen molar-refractivity contribution < 1.29 is 4.79 Å². The van der Waals surface area contributed by atoms with Gasteiger partial charge in [0, 0.05) is 34.6 Å². The van der Waals surface area contributed by atoms with Gasteiger partial charge >= 0.3 is 0 Å². The number of thiophene rings is 1. The van der Waals surface area contributed by atoms with Crippen LogP contribution >= 0.6 is 11.3 Å². The monoisotopic (exact) mass is 308 g/mol. The summed E-state index contributed by atoms with van der Waals surface area (Å²) in [6.07, 6.45) is 6.02. The predicted molar refractivity (Wildman–Crippen MR) is 91.8 cm³/mol. The van der Waals surface area contributed by atoms with E-state index in [2.05, 4.69) is 16.4 Å². The highest BCUT2D eigenvalue weighted by Gasteiger charge is 2.00. The lowest BCUT2D eigenvalue weighted by atomic mass is 10.1. The van der Waals surface area contributed by atoms with Gasteiger partial charge in [0.25, 0.3) is 0 Å². The quantitative estimate of drug-likeness (QED) is 0.731. The average molecular weight is 308 g/mol. The summed E-state index contributed by atoms with van der Waals surface area (Å²) in [7, 11) is 0. The number of nitrogens with one attached hydrogen (secondary N) is 1. The molecule has 0 aliphatic carbocycles. The molecule has 0 saturated carbocycles. The maximum atomic E-state index is 11.9. The van der Waals surface area contributed by atoms with E-state index in [4.69, 9.17) is 0 Å². The van der Waals surface area contributed by atoms with Crippen LogP contribution in [0.5, 0.6) is 0 Å². The summed E-state index contributed by atoms with van der Waals surface area (Å²) in [5.74, 6) is -0.0792. The van der Waals surface area contributed by atoms with Crippen molar-refractivity contribution in [2.75, 3.05) is 6.54 Å². The Labute approximate surface area is 133 Å². The molecule has 0 saturated heterocycles. The summed E-state index contributed by atoms with van der Waals surface area (Å²) in [5.41, 5.74) is 1.86. The summed E-state index contributed by atoms with van der Waals surface area (Å²) < 4.78 is 0. The summed E-state index contributed by atoms with van der Waals surface area (Å²) in [6, 6.07) is 14.0. The Balaban J connectivity index is 1.61. The molecule has 3 rings (SSSR count). The number of hydrogen-bond acceptors (Lipinski definition) is 3. The fourth-order valence-corrected chi connectivity index (χ4v) is 2.96. The minimum absolute atomic E-state index is 0.0792. The van der Waals surface area contributed by atoms with E-state index in [1.807, 2.05) is 47.9 Å². The van der Waals surface area contributed by atoms with Crippen molar-refractivity contribution in [2.24, 2.45) is 0 Å². The number of benzene rings is 1. The maximum absolute atomic E-state index is 11.9. The number of aromatic nitrogens is 1. The molecule has 0 atom stereocenters. The van der Waals surface area contributed by atoms with E-state index < -0.39 is 0 Å². The third-order valence-corrected chi connectivity index (χ3v) is 4.27. The van der Waals surface area contributed by atoms with Gasteiger partial charge in [0.1, 0.15) is 0 Å². The molecule has 110 valence electrons. The van der Waals surface area contributed by atoms with Crippen molar-refractivity contribution in [3.05, 3.63) is 70.6 Å². The highest BCUT2D eigenvalue weighted by Crippen LogP contribution is 2.17. The number of fused-ring (bicyclic) bond motifs is 1. The summed E-state index contributed by atoms with van der Waals surface area (Å²) in [6.45, 7) is 0.650. The molecular weight excluding hydrogens is 292 g/mol. The molecule has 0 unspecified atom stereocenters. The van der Waals surface area contributed by atoms with Crippen LogP contribution in [0.4, 0.5) is 0 Å². The number of rotatable bonds is 5. The van der Waals surface area contributed by atoms with Gasteiger partial charge in [-0.1, -0.05) is 30.3 Å². The number of carbonyl (C=O) groups is 1. The molecule has 3 nitrogen and oxygen atoms in total. The number of carbonyl (C=O) groups excluding carboxylic acids is 1. The first-order valence-electron chi connectivity index (χ1n) is 7.15. The van der Waals surface area contributed by atoms with Gasteiger partial charge in [-0.2, -0.15) is 0 Å². The van der Waals surface area contributed by atoms with E-state index in [0.29, 0.717) is 6.54 Å². The number of nitrogens with zero attached hydrogens (tertiary/aromatic N) is 1. The van der Waals surface area contributed by atoms with Crippen molar-refractivity contribution >= 4 is 34.2 Å². The molecule has 4 heteroatoms. The molecule has 0 bridgehead atoms. The molecule has 0 radical (unpaired) electrons. The predicted octanol–water partition coefficient (Wildman–Crippen LogP) is 3.67. The first-order valence-corrected chi connectivity index (χ1v) is 8.03. The van der Waals surface area contributed by atoms with Crippen molar-refractivity contribution in [2.45, 2.75) is 6.42 Å². The second kappa shape index (κ2) is 7.00. The minimum Gasteiger partial charge on any atom is -0.352 e. The van der Waals surface area contributed by atoms with Gasteiger partial charge in [-0.15, -0.1) is 11.3 Å². The molecule has 0 fully saturated rings. The molecule has 3 aromatic rings. The van der Waals surface area contributed by atoms with Crippen LogP contribution in [0.15, 0.2) is 60.1 Å². The fraction of sp³-hybridized carbons (Fsp3) is 0.111. The number of para-hydroxylation sites is 1. The Hall–Kier alpha value is -2.46. The van der Waals surface area contributed by atoms with Crippen LogP contribution in [0.25, 0.3) is 17.0 Å². The second-order valence-corrected chi connectivity index (χ2v) is 5.91. The van der Waals surface area contributed by atoms with Gasteiger partial charge in [-0.25, -0.2) is 0 Å². The average Bonchev–Trinajstić information content (AvgIpc) is 3.06. The van der Waals surface area contributed by atoms with Gasteiger partial charge in [0.15, 0.2) is 0 Å². The van der Waals surface area contributed by atoms with Gasteiger partial charge in [-0.3, -0.25) is 9.78 Å². The molecular formula is C18H16N2OS. The summed E-state index contributed by atoms with van der Waals surface area (Å²) in [4.78, 5) is 17.5. The highest BCUT2D eigenvalue weighted by atomic mass is 32.1. The van der Waals surface area contributed by atoms with Crippen molar-refractivity contribution in [3.63, 3.8) is 0 Å². The van der Waals surface area contributed by atoms with E-state index in [9.17, 15) is 4.79 Å². The van der Waals surface area contributed by atoms with Gasteiger partial charge in [-0.05, 0) is 30.0 Å². The molecule has 1 N–H and O–H groups in total. The molecule has 0 aliphatic heterocycles. The van der Waals surface area contributed by atoms with E-state index >= 15 is 0 Å². The molecule has 2 aromatic heterocycles. The van der Waals surface area contributed by atoms with Crippen LogP contribution in [-0.4, -0.2) is 17.4 Å². The van der Waals surface area contributed by atoms with Crippen LogP contribution < -0.4 is 5.32 Å². The third-order valence-electron chi connectivity index (χ3n) is 3.33. The van der Waals surface area contributed by atoms with Crippen molar-refractivity contribution in [1.29, 1.82) is 0 Å². The van der Waals surface area contributed by atoms with Gasteiger partial charge < -0.3 is 5.32 Å². The lowest BCUT2D eigenvalue weighted by Crippen LogP contribution is -2.23. The normalized spacial score (nSPS) is 11.1. The van der Waals surface area contributed by atoms with Gasteiger partial charge in [0.05, 0.1) is 5.52 Å². The Bertz CT molecular complexity index is 788. The molecule has 2 heterocycles. The summed E-state index contributed by atoms with van der Waals surface area (Å²) in [5, 5.41) is 6.02. The van der Waals surface area contributed by atoms with E-state index in [-0.39, 0.29) is 5.91 Å². The number of amides is 1. The minimum atomic E-state index is -0.0792.